The largest absolute Gasteiger partial charge is 0.179 e. The van der Waals surface area contributed by atoms with Crippen LogP contribution in [0.25, 0.3) is 11.0 Å². The minimum absolute atomic E-state index is 0. The maximum absolute atomic E-state index is 4.52. The number of benzene rings is 2. The Bertz CT molecular complexity index is 690. The first-order valence-corrected chi connectivity index (χ1v) is 6.50. The van der Waals surface area contributed by atoms with Crippen molar-refractivity contribution in [3.05, 3.63) is 58.7 Å². The molecule has 0 aliphatic carbocycles. The van der Waals surface area contributed by atoms with Gasteiger partial charge < -0.3 is 0 Å². The van der Waals surface area contributed by atoms with Gasteiger partial charge in [0.2, 0.25) is 0 Å². The summed E-state index contributed by atoms with van der Waals surface area (Å²) in [5.74, 6) is 0. The molecule has 0 radical (unpaired) electrons. The molecule has 1 heterocycles. The lowest BCUT2D eigenvalue weighted by atomic mass is 10.00. The van der Waals surface area contributed by atoms with E-state index in [0.717, 1.165) is 17.6 Å². The van der Waals surface area contributed by atoms with Crippen molar-refractivity contribution in [1.82, 2.24) is 15.0 Å². The van der Waals surface area contributed by atoms with Gasteiger partial charge >= 0.3 is 0 Å². The van der Waals surface area contributed by atoms with Crippen molar-refractivity contribution >= 4 is 28.0 Å². The van der Waals surface area contributed by atoms with Crippen LogP contribution in [0.4, 0.5) is 0 Å². The van der Waals surface area contributed by atoms with E-state index in [2.05, 4.69) is 43.1 Å². The van der Waals surface area contributed by atoms with Gasteiger partial charge in [-0.2, -0.15) is 15.0 Å². The summed E-state index contributed by atoms with van der Waals surface area (Å²) in [4.78, 5) is 1.79. The van der Waals surface area contributed by atoms with Crippen LogP contribution in [0.2, 0.25) is 0 Å². The Kier molecular flexibility index (Phi) is 4.23. The summed E-state index contributed by atoms with van der Waals surface area (Å²) in [5, 5.41) is 9.04. The Morgan fingerprint density at radius 1 is 0.900 bits per heavy atom. The molecule has 0 bridgehead atoms. The Morgan fingerprint density at radius 3 is 1.90 bits per heavy atom. The summed E-state index contributed by atoms with van der Waals surface area (Å²) in [6.45, 7) is 7.16. The third kappa shape index (κ3) is 2.75. The van der Waals surface area contributed by atoms with Crippen molar-refractivity contribution in [2.45, 2.75) is 27.3 Å². The summed E-state index contributed by atoms with van der Waals surface area (Å²) < 4.78 is 0. The number of aromatic nitrogens is 3. The Hall–Kier alpha value is -1.68. The lowest BCUT2D eigenvalue weighted by Gasteiger charge is -2.10. The van der Waals surface area contributed by atoms with Crippen LogP contribution in [-0.2, 0) is 6.54 Å². The maximum atomic E-state index is 4.52. The molecule has 0 aliphatic rings. The number of nitrogens with zero attached hydrogens (tertiary/aromatic N) is 3. The normalized spacial score (nSPS) is 10.6. The molecule has 0 atom stereocenters. The van der Waals surface area contributed by atoms with E-state index in [0.29, 0.717) is 0 Å². The fourth-order valence-corrected chi connectivity index (χ4v) is 2.58. The van der Waals surface area contributed by atoms with Gasteiger partial charge in [-0.15, -0.1) is 17.0 Å². The number of fused-ring (bicyclic) bond motifs is 1. The van der Waals surface area contributed by atoms with E-state index in [-0.39, 0.29) is 17.0 Å². The fourth-order valence-electron chi connectivity index (χ4n) is 2.58. The predicted octanol–water partition coefficient (Wildman–Crippen LogP) is 3.98. The molecule has 104 valence electrons. The molecule has 2 aromatic carbocycles. The monoisotopic (exact) mass is 331 g/mol. The Labute approximate surface area is 129 Å². The average Bonchev–Trinajstić information content (AvgIpc) is 2.76. The molecular formula is C16H18BrN3. The number of rotatable bonds is 2. The van der Waals surface area contributed by atoms with Crippen LogP contribution < -0.4 is 0 Å². The van der Waals surface area contributed by atoms with Gasteiger partial charge in [0.1, 0.15) is 11.0 Å². The standard InChI is InChI=1S/C16H17N3.BrH/c1-11-8-12(2)14(13(3)9-11)10-19-17-15-6-4-5-7-16(15)18-19;/h4-9H,10H2,1-3H3;1H. The SMILES string of the molecule is Br.Cc1cc(C)c(Cn2nc3ccccc3n2)c(C)c1. The topological polar surface area (TPSA) is 30.7 Å². The van der Waals surface area contributed by atoms with Gasteiger partial charge in [0.25, 0.3) is 0 Å². The van der Waals surface area contributed by atoms with Crippen molar-refractivity contribution < 1.29 is 0 Å². The third-order valence-electron chi connectivity index (χ3n) is 3.47. The molecule has 0 unspecified atom stereocenters. The van der Waals surface area contributed by atoms with E-state index < -0.39 is 0 Å². The van der Waals surface area contributed by atoms with E-state index in [1.54, 1.807) is 4.80 Å². The highest BCUT2D eigenvalue weighted by molar-refractivity contribution is 8.93. The van der Waals surface area contributed by atoms with Crippen molar-refractivity contribution in [2.24, 2.45) is 0 Å². The summed E-state index contributed by atoms with van der Waals surface area (Å²) >= 11 is 0. The van der Waals surface area contributed by atoms with E-state index in [1.807, 2.05) is 24.3 Å². The van der Waals surface area contributed by atoms with Crippen molar-refractivity contribution in [3.8, 4) is 0 Å². The van der Waals surface area contributed by atoms with Gasteiger partial charge in [0.05, 0.1) is 6.54 Å². The van der Waals surface area contributed by atoms with Crippen molar-refractivity contribution in [2.75, 3.05) is 0 Å². The minimum atomic E-state index is 0. The Balaban J connectivity index is 0.00000147. The zero-order valence-electron chi connectivity index (χ0n) is 11.9. The molecule has 20 heavy (non-hydrogen) atoms. The first-order valence-electron chi connectivity index (χ1n) is 6.50. The molecule has 0 saturated heterocycles. The second kappa shape index (κ2) is 5.75. The van der Waals surface area contributed by atoms with Crippen LogP contribution >= 0.6 is 17.0 Å². The lowest BCUT2D eigenvalue weighted by molar-refractivity contribution is 0.596. The molecule has 0 N–H and O–H groups in total. The summed E-state index contributed by atoms with van der Waals surface area (Å²) in [5.41, 5.74) is 7.12. The fraction of sp³-hybridized carbons (Fsp3) is 0.250. The second-order valence-corrected chi connectivity index (χ2v) is 5.10. The number of halogens is 1. The van der Waals surface area contributed by atoms with Crippen LogP contribution in [0.1, 0.15) is 22.3 Å². The van der Waals surface area contributed by atoms with Crippen LogP contribution in [0.3, 0.4) is 0 Å². The predicted molar refractivity (Wildman–Crippen MR) is 87.6 cm³/mol. The van der Waals surface area contributed by atoms with Gasteiger partial charge in [-0.3, -0.25) is 0 Å². The van der Waals surface area contributed by atoms with E-state index in [9.17, 15) is 0 Å². The van der Waals surface area contributed by atoms with Crippen LogP contribution in [0.15, 0.2) is 36.4 Å². The highest BCUT2D eigenvalue weighted by atomic mass is 79.9. The highest BCUT2D eigenvalue weighted by Crippen LogP contribution is 2.18. The molecule has 1 aromatic heterocycles. The number of hydrogen-bond acceptors (Lipinski definition) is 2. The molecule has 3 rings (SSSR count). The highest BCUT2D eigenvalue weighted by Gasteiger charge is 2.07. The molecule has 4 heteroatoms. The number of hydrogen-bond donors (Lipinski definition) is 0. The summed E-state index contributed by atoms with van der Waals surface area (Å²) in [6, 6.07) is 12.4. The molecule has 3 aromatic rings. The molecule has 3 nitrogen and oxygen atoms in total. The van der Waals surface area contributed by atoms with E-state index in [1.165, 1.54) is 22.3 Å². The molecule has 0 aliphatic heterocycles. The lowest BCUT2D eigenvalue weighted by Crippen LogP contribution is -2.07. The average molecular weight is 332 g/mol. The van der Waals surface area contributed by atoms with Crippen molar-refractivity contribution in [3.63, 3.8) is 0 Å². The summed E-state index contributed by atoms with van der Waals surface area (Å²) in [7, 11) is 0. The first kappa shape index (κ1) is 14.7. The quantitative estimate of drug-likeness (QED) is 0.711. The minimum Gasteiger partial charge on any atom is -0.179 e. The van der Waals surface area contributed by atoms with Crippen LogP contribution in [-0.4, -0.2) is 15.0 Å². The number of aryl methyl sites for hydroxylation is 3. The third-order valence-corrected chi connectivity index (χ3v) is 3.47. The smallest absolute Gasteiger partial charge is 0.113 e. The zero-order valence-corrected chi connectivity index (χ0v) is 13.6. The van der Waals surface area contributed by atoms with Gasteiger partial charge in [-0.05, 0) is 49.6 Å². The van der Waals surface area contributed by atoms with Gasteiger partial charge in [0, 0.05) is 0 Å². The maximum Gasteiger partial charge on any atom is 0.113 e. The molecule has 0 fully saturated rings. The van der Waals surface area contributed by atoms with Gasteiger partial charge in [-0.1, -0.05) is 29.8 Å². The molecule has 0 amide bonds. The van der Waals surface area contributed by atoms with Crippen LogP contribution in [0.5, 0.6) is 0 Å². The second-order valence-electron chi connectivity index (χ2n) is 5.10. The van der Waals surface area contributed by atoms with Crippen LogP contribution in [0, 0.1) is 20.8 Å². The first-order chi connectivity index (χ1) is 9.13. The van der Waals surface area contributed by atoms with E-state index >= 15 is 0 Å². The molecule has 0 spiro atoms. The van der Waals surface area contributed by atoms with E-state index in [4.69, 9.17) is 0 Å². The van der Waals surface area contributed by atoms with Gasteiger partial charge in [0.15, 0.2) is 0 Å². The Morgan fingerprint density at radius 2 is 1.40 bits per heavy atom. The van der Waals surface area contributed by atoms with Crippen molar-refractivity contribution in [1.29, 1.82) is 0 Å². The molecular weight excluding hydrogens is 314 g/mol. The molecule has 0 saturated carbocycles. The zero-order chi connectivity index (χ0) is 13.4. The van der Waals surface area contributed by atoms with Gasteiger partial charge in [-0.25, -0.2) is 0 Å². The summed E-state index contributed by atoms with van der Waals surface area (Å²) in [6.07, 6.45) is 0.